The lowest BCUT2D eigenvalue weighted by atomic mass is 10.3. The molecule has 0 fully saturated rings. The number of rotatable bonds is 6. The van der Waals surface area contributed by atoms with Crippen molar-refractivity contribution in [3.63, 3.8) is 0 Å². The van der Waals surface area contributed by atoms with E-state index in [0.717, 1.165) is 0 Å². The van der Waals surface area contributed by atoms with Crippen molar-refractivity contribution in [2.75, 3.05) is 18.1 Å². The number of oxime groups is 1. The number of hydrogen-bond acceptors (Lipinski definition) is 7. The number of hydrogen-bond donors (Lipinski definition) is 1. The minimum Gasteiger partial charge on any atom is -0.399 e. The van der Waals surface area contributed by atoms with Gasteiger partial charge in [0, 0.05) is 17.3 Å². The number of aromatic nitrogens is 1. The highest BCUT2D eigenvalue weighted by Crippen LogP contribution is 2.16. The van der Waals surface area contributed by atoms with Crippen molar-refractivity contribution in [3.05, 3.63) is 40.8 Å². The van der Waals surface area contributed by atoms with Crippen LogP contribution in [0.2, 0.25) is 0 Å². The Balaban J connectivity index is 2.29. The van der Waals surface area contributed by atoms with Crippen molar-refractivity contribution < 1.29 is 13.3 Å². The fourth-order valence-electron chi connectivity index (χ4n) is 1.57. The van der Waals surface area contributed by atoms with E-state index in [1.54, 1.807) is 30.6 Å². The fraction of sp³-hybridized carbons (Fsp3) is 0.231. The van der Waals surface area contributed by atoms with Gasteiger partial charge in [-0.05, 0) is 31.2 Å². The van der Waals surface area contributed by atoms with Gasteiger partial charge in [0.2, 0.25) is 0 Å². The van der Waals surface area contributed by atoms with Crippen LogP contribution in [0.5, 0.6) is 0 Å². The van der Waals surface area contributed by atoms with Gasteiger partial charge < -0.3 is 10.6 Å². The molecule has 21 heavy (non-hydrogen) atoms. The molecule has 0 spiro atoms. The van der Waals surface area contributed by atoms with E-state index in [9.17, 15) is 8.42 Å². The standard InChI is InChI=1S/C13H15N3O3S2/c1-2-19-16-12(13-15-7-8-20-13)9-21(17,18)11-5-3-10(14)4-6-11/h3-8H,2,9,14H2,1H3/b16-12-. The van der Waals surface area contributed by atoms with Gasteiger partial charge in [-0.25, -0.2) is 13.4 Å². The van der Waals surface area contributed by atoms with E-state index in [1.165, 1.54) is 23.5 Å². The van der Waals surface area contributed by atoms with Crippen LogP contribution in [0.4, 0.5) is 5.69 Å². The first-order chi connectivity index (χ1) is 10.0. The quantitative estimate of drug-likeness (QED) is 0.497. The average molecular weight is 325 g/mol. The summed E-state index contributed by atoms with van der Waals surface area (Å²) in [5.41, 5.74) is 6.37. The van der Waals surface area contributed by atoms with Gasteiger partial charge in [0.25, 0.3) is 0 Å². The van der Waals surface area contributed by atoms with Gasteiger partial charge in [0.1, 0.15) is 23.1 Å². The predicted octanol–water partition coefficient (Wildman–Crippen LogP) is 1.94. The number of sulfone groups is 1. The Kier molecular flexibility index (Phi) is 4.92. The zero-order chi connectivity index (χ0) is 15.3. The highest BCUT2D eigenvalue weighted by molar-refractivity contribution is 7.92. The van der Waals surface area contributed by atoms with E-state index in [1.807, 2.05) is 0 Å². The molecule has 0 unspecified atom stereocenters. The van der Waals surface area contributed by atoms with Crippen LogP contribution in [0.1, 0.15) is 11.9 Å². The Labute approximate surface area is 127 Å². The van der Waals surface area contributed by atoms with Crippen molar-refractivity contribution in [2.24, 2.45) is 5.16 Å². The van der Waals surface area contributed by atoms with Gasteiger partial charge in [-0.1, -0.05) is 5.16 Å². The fourth-order valence-corrected chi connectivity index (χ4v) is 3.55. The molecular weight excluding hydrogens is 310 g/mol. The predicted molar refractivity (Wildman–Crippen MR) is 83.2 cm³/mol. The van der Waals surface area contributed by atoms with E-state index in [2.05, 4.69) is 10.1 Å². The molecule has 0 saturated heterocycles. The van der Waals surface area contributed by atoms with Crippen LogP contribution in [-0.2, 0) is 14.7 Å². The molecule has 0 radical (unpaired) electrons. The number of benzene rings is 1. The number of nitrogens with zero attached hydrogens (tertiary/aromatic N) is 2. The Hall–Kier alpha value is -1.93. The molecule has 0 saturated carbocycles. The molecule has 112 valence electrons. The van der Waals surface area contributed by atoms with E-state index in [0.29, 0.717) is 23.0 Å². The maximum absolute atomic E-state index is 12.4. The lowest BCUT2D eigenvalue weighted by Gasteiger charge is -2.06. The van der Waals surface area contributed by atoms with E-state index < -0.39 is 9.84 Å². The molecule has 0 aliphatic carbocycles. The molecule has 0 bridgehead atoms. The summed E-state index contributed by atoms with van der Waals surface area (Å²) in [6.07, 6.45) is 1.59. The maximum Gasteiger partial charge on any atom is 0.184 e. The molecule has 8 heteroatoms. The molecule has 2 rings (SSSR count). The number of thiazole rings is 1. The highest BCUT2D eigenvalue weighted by Gasteiger charge is 2.21. The lowest BCUT2D eigenvalue weighted by molar-refractivity contribution is 0.159. The van der Waals surface area contributed by atoms with Crippen molar-refractivity contribution in [3.8, 4) is 0 Å². The number of nitrogens with two attached hydrogens (primary N) is 1. The Morgan fingerprint density at radius 1 is 1.38 bits per heavy atom. The first-order valence-corrected chi connectivity index (χ1v) is 8.73. The molecule has 1 aromatic carbocycles. The maximum atomic E-state index is 12.4. The van der Waals surface area contributed by atoms with Crippen LogP contribution in [0, 0.1) is 0 Å². The van der Waals surface area contributed by atoms with Crippen molar-refractivity contribution in [1.29, 1.82) is 0 Å². The highest BCUT2D eigenvalue weighted by atomic mass is 32.2. The molecular formula is C13H15N3O3S2. The summed E-state index contributed by atoms with van der Waals surface area (Å²) in [6.45, 7) is 2.13. The third-order valence-corrected chi connectivity index (χ3v) is 5.01. The monoisotopic (exact) mass is 325 g/mol. The van der Waals surface area contributed by atoms with Gasteiger partial charge >= 0.3 is 0 Å². The normalized spacial score (nSPS) is 12.3. The molecule has 1 aromatic heterocycles. The van der Waals surface area contributed by atoms with Crippen molar-refractivity contribution in [2.45, 2.75) is 11.8 Å². The van der Waals surface area contributed by atoms with E-state index >= 15 is 0 Å². The summed E-state index contributed by atoms with van der Waals surface area (Å²) in [6, 6.07) is 6.06. The average Bonchev–Trinajstić information content (AvgIpc) is 2.98. The first kappa shape index (κ1) is 15.5. The van der Waals surface area contributed by atoms with Crippen molar-refractivity contribution >= 4 is 32.6 Å². The topological polar surface area (TPSA) is 94.6 Å². The molecule has 2 aromatic rings. The molecule has 0 aliphatic rings. The van der Waals surface area contributed by atoms with Gasteiger partial charge in [-0.3, -0.25) is 0 Å². The summed E-state index contributed by atoms with van der Waals surface area (Å²) in [7, 11) is -3.53. The zero-order valence-corrected chi connectivity index (χ0v) is 13.0. The van der Waals surface area contributed by atoms with E-state index in [4.69, 9.17) is 10.6 Å². The Morgan fingerprint density at radius 2 is 2.10 bits per heavy atom. The smallest absolute Gasteiger partial charge is 0.184 e. The number of nitrogen functional groups attached to an aromatic ring is 1. The van der Waals surface area contributed by atoms with Crippen LogP contribution in [0.15, 0.2) is 45.9 Å². The van der Waals surface area contributed by atoms with Crippen LogP contribution >= 0.6 is 11.3 Å². The molecule has 0 aliphatic heterocycles. The lowest BCUT2D eigenvalue weighted by Crippen LogP contribution is -2.18. The minimum absolute atomic E-state index is 0.192. The summed E-state index contributed by atoms with van der Waals surface area (Å²) in [5.74, 6) is -0.273. The van der Waals surface area contributed by atoms with Gasteiger partial charge in [-0.15, -0.1) is 11.3 Å². The zero-order valence-electron chi connectivity index (χ0n) is 11.4. The van der Waals surface area contributed by atoms with Gasteiger partial charge in [0.15, 0.2) is 9.84 Å². The summed E-state index contributed by atoms with van der Waals surface area (Å²) < 4.78 is 24.8. The SMILES string of the molecule is CCO/N=C(/CS(=O)(=O)c1ccc(N)cc1)c1nccs1. The minimum atomic E-state index is -3.53. The molecule has 0 atom stereocenters. The number of anilines is 1. The first-order valence-electron chi connectivity index (χ1n) is 6.20. The molecule has 6 nitrogen and oxygen atoms in total. The second-order valence-electron chi connectivity index (χ2n) is 4.12. The van der Waals surface area contributed by atoms with Gasteiger partial charge in [0.05, 0.1) is 4.90 Å². The largest absolute Gasteiger partial charge is 0.399 e. The Bertz CT molecular complexity index is 708. The Morgan fingerprint density at radius 3 is 2.67 bits per heavy atom. The van der Waals surface area contributed by atoms with Crippen LogP contribution < -0.4 is 5.73 Å². The molecule has 2 N–H and O–H groups in total. The third-order valence-electron chi connectivity index (χ3n) is 2.55. The van der Waals surface area contributed by atoms with Crippen molar-refractivity contribution in [1.82, 2.24) is 4.98 Å². The van der Waals surface area contributed by atoms with Crippen LogP contribution in [0.3, 0.4) is 0 Å². The third kappa shape index (κ3) is 4.02. The molecule has 0 amide bonds. The van der Waals surface area contributed by atoms with Gasteiger partial charge in [-0.2, -0.15) is 0 Å². The summed E-state index contributed by atoms with van der Waals surface area (Å²) >= 11 is 1.31. The second kappa shape index (κ2) is 6.68. The second-order valence-corrected chi connectivity index (χ2v) is 7.01. The van der Waals surface area contributed by atoms with Crippen LogP contribution in [0.25, 0.3) is 0 Å². The van der Waals surface area contributed by atoms with E-state index in [-0.39, 0.29) is 10.6 Å². The summed E-state index contributed by atoms with van der Waals surface area (Å²) in [5, 5.41) is 6.16. The summed E-state index contributed by atoms with van der Waals surface area (Å²) in [4.78, 5) is 9.27. The van der Waals surface area contributed by atoms with Crippen LogP contribution in [-0.4, -0.2) is 31.5 Å². The molecule has 1 heterocycles.